The Morgan fingerprint density at radius 2 is 1.82 bits per heavy atom. The predicted octanol–water partition coefficient (Wildman–Crippen LogP) is 5.69. The lowest BCUT2D eigenvalue weighted by Crippen LogP contribution is -2.59. The van der Waals surface area contributed by atoms with Crippen molar-refractivity contribution < 1.29 is 14.3 Å². The summed E-state index contributed by atoms with van der Waals surface area (Å²) >= 11 is 1.60. The Hall–Kier alpha value is -3.23. The third-order valence-corrected chi connectivity index (χ3v) is 8.95. The van der Waals surface area contributed by atoms with Gasteiger partial charge in [0.15, 0.2) is 11.5 Å². The average Bonchev–Trinajstić information content (AvgIpc) is 3.30. The van der Waals surface area contributed by atoms with Crippen molar-refractivity contribution in [2.75, 3.05) is 11.9 Å². The van der Waals surface area contributed by atoms with E-state index in [2.05, 4.69) is 34.4 Å². The molecular weight excluding hydrogens is 496 g/mol. The summed E-state index contributed by atoms with van der Waals surface area (Å²) in [4.78, 5) is 35.6. The minimum absolute atomic E-state index is 0.147. The molecule has 1 spiro atoms. The van der Waals surface area contributed by atoms with Crippen molar-refractivity contribution in [2.24, 2.45) is 5.41 Å². The van der Waals surface area contributed by atoms with Gasteiger partial charge in [-0.1, -0.05) is 45.2 Å². The first kappa shape index (κ1) is 25.1. The van der Waals surface area contributed by atoms with Gasteiger partial charge in [-0.25, -0.2) is 4.98 Å². The lowest BCUT2D eigenvalue weighted by molar-refractivity contribution is -0.149. The molecule has 1 aromatic carbocycles. The van der Waals surface area contributed by atoms with Crippen molar-refractivity contribution in [1.82, 2.24) is 15.3 Å². The monoisotopic (exact) mass is 528 g/mol. The molecule has 2 aliphatic carbocycles. The summed E-state index contributed by atoms with van der Waals surface area (Å²) < 4.78 is 6.11. The Morgan fingerprint density at radius 1 is 1.05 bits per heavy atom. The van der Waals surface area contributed by atoms with E-state index in [1.807, 2.05) is 42.6 Å². The van der Waals surface area contributed by atoms with Crippen molar-refractivity contribution in [1.29, 1.82) is 0 Å². The third kappa shape index (κ3) is 4.29. The van der Waals surface area contributed by atoms with Crippen LogP contribution in [0.3, 0.4) is 0 Å². The number of pyridine rings is 2. The van der Waals surface area contributed by atoms with Crippen LogP contribution in [0.4, 0.5) is 11.5 Å². The quantitative estimate of drug-likeness (QED) is 0.378. The fourth-order valence-corrected chi connectivity index (χ4v) is 7.45. The van der Waals surface area contributed by atoms with Gasteiger partial charge in [-0.15, -0.1) is 11.8 Å². The predicted molar refractivity (Wildman–Crippen MR) is 150 cm³/mol. The maximum absolute atomic E-state index is 13.6. The van der Waals surface area contributed by atoms with E-state index in [0.29, 0.717) is 6.42 Å². The molecule has 2 N–H and O–H groups in total. The second-order valence-electron chi connectivity index (χ2n) is 10.8. The van der Waals surface area contributed by atoms with Gasteiger partial charge < -0.3 is 10.1 Å². The number of rotatable bonds is 7. The van der Waals surface area contributed by atoms with E-state index in [9.17, 15) is 9.59 Å². The standard InChI is InChI=1S/C30H32N4O3S/c1-19(2)38-25-26(29(27(25)36)12-4-3-5-13-29)30(33-18-24(35)37-30)16-20-6-8-22(9-7-20)34-28-23-17-31-14-10-21(23)11-15-32-28/h6-11,14-15,17,19,33H,3-5,12-13,16,18H2,1-2H3,(H,32,34). The van der Waals surface area contributed by atoms with Crippen LogP contribution < -0.4 is 10.6 Å². The Morgan fingerprint density at radius 3 is 2.53 bits per heavy atom. The van der Waals surface area contributed by atoms with Gasteiger partial charge in [0, 0.05) is 46.9 Å². The highest BCUT2D eigenvalue weighted by Crippen LogP contribution is 2.60. The Kier molecular flexibility index (Phi) is 6.48. The molecule has 1 saturated heterocycles. The second-order valence-corrected chi connectivity index (χ2v) is 12.3. The van der Waals surface area contributed by atoms with E-state index >= 15 is 0 Å². The average molecular weight is 529 g/mol. The van der Waals surface area contributed by atoms with Crippen LogP contribution in [0.25, 0.3) is 10.8 Å². The molecule has 2 fully saturated rings. The number of hydrogen-bond acceptors (Lipinski definition) is 8. The molecule has 3 aromatic rings. The molecule has 7 nitrogen and oxygen atoms in total. The number of cyclic esters (lactones) is 1. The molecule has 2 aromatic heterocycles. The normalized spacial score (nSPS) is 22.7. The molecule has 0 bridgehead atoms. The van der Waals surface area contributed by atoms with Crippen LogP contribution in [-0.4, -0.2) is 39.2 Å². The number of fused-ring (bicyclic) bond motifs is 1. The van der Waals surface area contributed by atoms with Gasteiger partial charge in [0.05, 0.1) is 16.9 Å². The van der Waals surface area contributed by atoms with Gasteiger partial charge >= 0.3 is 5.97 Å². The first-order chi connectivity index (χ1) is 18.4. The number of ketones is 1. The van der Waals surface area contributed by atoms with Crippen molar-refractivity contribution in [3.8, 4) is 0 Å². The maximum atomic E-state index is 13.6. The largest absolute Gasteiger partial charge is 0.438 e. The number of nitrogens with zero attached hydrogens (tertiary/aromatic N) is 2. The summed E-state index contributed by atoms with van der Waals surface area (Å²) in [7, 11) is 0. The highest BCUT2D eigenvalue weighted by molar-refractivity contribution is 8.04. The lowest BCUT2D eigenvalue weighted by Gasteiger charge is -2.52. The molecule has 196 valence electrons. The number of ether oxygens (including phenoxy) is 1. The highest BCUT2D eigenvalue weighted by Gasteiger charge is 2.63. The van der Waals surface area contributed by atoms with Crippen LogP contribution in [0.1, 0.15) is 51.5 Å². The molecule has 0 radical (unpaired) electrons. The van der Waals surface area contributed by atoms with Gasteiger partial charge in [-0.3, -0.25) is 19.9 Å². The first-order valence-corrected chi connectivity index (χ1v) is 14.3. The molecule has 1 saturated carbocycles. The van der Waals surface area contributed by atoms with Crippen molar-refractivity contribution in [3.63, 3.8) is 0 Å². The molecule has 6 rings (SSSR count). The summed E-state index contributed by atoms with van der Waals surface area (Å²) in [5.41, 5.74) is 1.44. The summed E-state index contributed by atoms with van der Waals surface area (Å²) in [6.07, 6.45) is 10.7. The minimum Gasteiger partial charge on any atom is -0.438 e. The van der Waals surface area contributed by atoms with Gasteiger partial charge in [-0.2, -0.15) is 0 Å². The molecule has 3 heterocycles. The SMILES string of the molecule is CC(C)SC1=C(C2(Cc3ccc(Nc4nccc5ccncc45)cc3)NCC(=O)O2)C2(CCCCC2)C1=O. The minimum atomic E-state index is -0.989. The van der Waals surface area contributed by atoms with E-state index in [0.717, 1.165) is 70.4 Å². The fourth-order valence-electron chi connectivity index (χ4n) is 6.20. The van der Waals surface area contributed by atoms with Crippen LogP contribution in [0.15, 0.2) is 65.5 Å². The van der Waals surface area contributed by atoms with Crippen molar-refractivity contribution in [2.45, 2.75) is 63.3 Å². The molecule has 3 aliphatic rings. The smallest absolute Gasteiger partial charge is 0.322 e. The summed E-state index contributed by atoms with van der Waals surface area (Å²) in [5.74, 6) is 0.719. The molecule has 1 unspecified atom stereocenters. The number of thioether (sulfide) groups is 1. The summed E-state index contributed by atoms with van der Waals surface area (Å²) in [6.45, 7) is 4.34. The topological polar surface area (TPSA) is 93.2 Å². The van der Waals surface area contributed by atoms with E-state index in [1.54, 1.807) is 24.2 Å². The third-order valence-electron chi connectivity index (χ3n) is 7.85. The van der Waals surface area contributed by atoms with Crippen LogP contribution in [0.5, 0.6) is 0 Å². The zero-order valence-corrected chi connectivity index (χ0v) is 22.6. The van der Waals surface area contributed by atoms with Crippen molar-refractivity contribution >= 4 is 45.8 Å². The summed E-state index contributed by atoms with van der Waals surface area (Å²) in [6, 6.07) is 12.0. The Labute approximate surface area is 226 Å². The van der Waals surface area contributed by atoms with Gasteiger partial charge in [0.2, 0.25) is 0 Å². The van der Waals surface area contributed by atoms with Gasteiger partial charge in [-0.05, 0) is 48.1 Å². The van der Waals surface area contributed by atoms with Gasteiger partial charge in [0.1, 0.15) is 5.82 Å². The molecule has 38 heavy (non-hydrogen) atoms. The maximum Gasteiger partial charge on any atom is 0.322 e. The number of hydrogen-bond donors (Lipinski definition) is 2. The number of carbonyl (C=O) groups excluding carboxylic acids is 2. The highest BCUT2D eigenvalue weighted by atomic mass is 32.2. The molecule has 1 aliphatic heterocycles. The van der Waals surface area contributed by atoms with Crippen LogP contribution >= 0.6 is 11.8 Å². The molecule has 0 amide bonds. The molecular formula is C30H32N4O3S. The van der Waals surface area contributed by atoms with E-state index < -0.39 is 11.1 Å². The van der Waals surface area contributed by atoms with Gasteiger partial charge in [0.25, 0.3) is 0 Å². The van der Waals surface area contributed by atoms with Crippen molar-refractivity contribution in [3.05, 3.63) is 71.0 Å². The van der Waals surface area contributed by atoms with E-state index in [1.165, 1.54) is 0 Å². The molecule has 1 atom stereocenters. The number of Topliss-reactive ketones (excluding diaryl/α,β-unsaturated/α-hetero) is 1. The number of benzene rings is 1. The number of allylic oxidation sites excluding steroid dienone is 1. The number of nitrogens with one attached hydrogen (secondary N) is 2. The summed E-state index contributed by atoms with van der Waals surface area (Å²) in [5, 5.41) is 9.10. The number of aromatic nitrogens is 2. The van der Waals surface area contributed by atoms with Crippen LogP contribution in [0.2, 0.25) is 0 Å². The molecule has 8 heteroatoms. The zero-order chi connectivity index (χ0) is 26.3. The number of esters is 1. The lowest BCUT2D eigenvalue weighted by atomic mass is 9.56. The zero-order valence-electron chi connectivity index (χ0n) is 21.8. The van der Waals surface area contributed by atoms with E-state index in [-0.39, 0.29) is 23.5 Å². The first-order valence-electron chi connectivity index (χ1n) is 13.4. The Bertz CT molecular complexity index is 1420. The Balaban J connectivity index is 1.31. The fraction of sp³-hybridized carbons (Fsp3) is 0.400. The van der Waals surface area contributed by atoms with Crippen LogP contribution in [0, 0.1) is 5.41 Å². The number of anilines is 2. The van der Waals surface area contributed by atoms with E-state index in [4.69, 9.17) is 4.74 Å². The second kappa shape index (κ2) is 9.82. The number of carbonyl (C=O) groups is 2. The van der Waals surface area contributed by atoms with Crippen LogP contribution in [-0.2, 0) is 20.7 Å².